The molecule has 7 nitrogen and oxygen atoms in total. The SMILES string of the molecule is N/C(CS(=O)(=O)c1cccs1)=N\OC(=O)Nc1ccc(Cl)cc1. The zero-order chi connectivity index (χ0) is 16.9. The molecule has 0 saturated carbocycles. The zero-order valence-corrected chi connectivity index (χ0v) is 14.0. The fraction of sp³-hybridized carbons (Fsp3) is 0.0769. The summed E-state index contributed by atoms with van der Waals surface area (Å²) in [5, 5.41) is 7.85. The third kappa shape index (κ3) is 5.23. The Hall–Kier alpha value is -2.10. The van der Waals surface area contributed by atoms with Crippen molar-refractivity contribution in [2.45, 2.75) is 4.21 Å². The molecule has 0 fully saturated rings. The van der Waals surface area contributed by atoms with Gasteiger partial charge in [-0.15, -0.1) is 11.3 Å². The second-order valence-corrected chi connectivity index (χ2v) is 7.88. The number of rotatable bonds is 5. The standard InChI is InChI=1S/C13H12ClN3O4S2/c14-9-3-5-10(6-4-9)16-13(18)21-17-11(15)8-23(19,20)12-2-1-7-22-12/h1-7H,8H2,(H2,15,17)(H,16,18). The van der Waals surface area contributed by atoms with Crippen LogP contribution >= 0.6 is 22.9 Å². The molecule has 0 unspecified atom stereocenters. The second-order valence-electron chi connectivity index (χ2n) is 4.28. The number of carbonyl (C=O) groups is 1. The molecule has 0 aliphatic rings. The van der Waals surface area contributed by atoms with Crippen LogP contribution in [0.5, 0.6) is 0 Å². The lowest BCUT2D eigenvalue weighted by atomic mass is 10.3. The molecule has 2 aromatic rings. The first-order chi connectivity index (χ1) is 10.9. The van der Waals surface area contributed by atoms with Gasteiger partial charge in [0, 0.05) is 10.7 Å². The lowest BCUT2D eigenvalue weighted by Gasteiger charge is -2.04. The molecule has 2 rings (SSSR count). The maximum absolute atomic E-state index is 12.0. The molecule has 1 amide bonds. The maximum atomic E-state index is 12.0. The number of benzene rings is 1. The van der Waals surface area contributed by atoms with Crippen LogP contribution in [0.3, 0.4) is 0 Å². The molecular formula is C13H12ClN3O4S2. The Labute approximate surface area is 141 Å². The summed E-state index contributed by atoms with van der Waals surface area (Å²) in [7, 11) is -3.59. The van der Waals surface area contributed by atoms with Gasteiger partial charge in [-0.1, -0.05) is 22.8 Å². The molecule has 23 heavy (non-hydrogen) atoms. The third-order valence-electron chi connectivity index (χ3n) is 2.48. The van der Waals surface area contributed by atoms with Crippen molar-refractivity contribution in [3.8, 4) is 0 Å². The van der Waals surface area contributed by atoms with Crippen LogP contribution in [-0.4, -0.2) is 26.1 Å². The average molecular weight is 374 g/mol. The summed E-state index contributed by atoms with van der Waals surface area (Å²) in [6, 6.07) is 9.38. The summed E-state index contributed by atoms with van der Waals surface area (Å²) in [4.78, 5) is 16.0. The van der Waals surface area contributed by atoms with Crippen molar-refractivity contribution in [1.29, 1.82) is 0 Å². The van der Waals surface area contributed by atoms with E-state index in [0.29, 0.717) is 10.7 Å². The molecule has 1 aromatic carbocycles. The lowest BCUT2D eigenvalue weighted by molar-refractivity contribution is 0.166. The molecule has 0 saturated heterocycles. The molecule has 10 heteroatoms. The predicted molar refractivity (Wildman–Crippen MR) is 89.5 cm³/mol. The smallest absolute Gasteiger partial charge is 0.384 e. The van der Waals surface area contributed by atoms with Crippen LogP contribution in [0, 0.1) is 0 Å². The first-order valence-electron chi connectivity index (χ1n) is 6.19. The van der Waals surface area contributed by atoms with Gasteiger partial charge in [0.25, 0.3) is 0 Å². The Kier molecular flexibility index (Phi) is 5.59. The Morgan fingerprint density at radius 1 is 1.30 bits per heavy atom. The molecule has 122 valence electrons. The topological polar surface area (TPSA) is 111 Å². The third-order valence-corrected chi connectivity index (χ3v) is 5.86. The Bertz CT molecular complexity index is 802. The molecule has 0 bridgehead atoms. The van der Waals surface area contributed by atoms with Gasteiger partial charge in [0.05, 0.1) is 0 Å². The van der Waals surface area contributed by atoms with Crippen LogP contribution in [0.25, 0.3) is 0 Å². The van der Waals surface area contributed by atoms with Crippen molar-refractivity contribution in [3.63, 3.8) is 0 Å². The van der Waals surface area contributed by atoms with E-state index in [1.54, 1.807) is 35.7 Å². The average Bonchev–Trinajstić information content (AvgIpc) is 3.02. The molecule has 0 spiro atoms. The largest absolute Gasteiger partial charge is 0.437 e. The van der Waals surface area contributed by atoms with Gasteiger partial charge < -0.3 is 5.73 Å². The number of sulfone groups is 1. The Morgan fingerprint density at radius 3 is 2.61 bits per heavy atom. The van der Waals surface area contributed by atoms with Crippen LogP contribution in [-0.2, 0) is 14.7 Å². The number of carbonyl (C=O) groups excluding carboxylic acids is 1. The van der Waals surface area contributed by atoms with E-state index in [4.69, 9.17) is 17.3 Å². The number of amidine groups is 1. The highest BCUT2D eigenvalue weighted by atomic mass is 35.5. The van der Waals surface area contributed by atoms with Gasteiger partial charge in [-0.3, -0.25) is 10.2 Å². The van der Waals surface area contributed by atoms with E-state index in [0.717, 1.165) is 11.3 Å². The van der Waals surface area contributed by atoms with Crippen molar-refractivity contribution in [3.05, 3.63) is 46.8 Å². The molecule has 3 N–H and O–H groups in total. The number of nitrogens with zero attached hydrogens (tertiary/aromatic N) is 1. The van der Waals surface area contributed by atoms with E-state index in [-0.39, 0.29) is 10.0 Å². The summed E-state index contributed by atoms with van der Waals surface area (Å²) < 4.78 is 24.1. The van der Waals surface area contributed by atoms with Crippen molar-refractivity contribution in [1.82, 2.24) is 0 Å². The lowest BCUT2D eigenvalue weighted by Crippen LogP contribution is -2.24. The van der Waals surface area contributed by atoms with Gasteiger partial charge in [0.15, 0.2) is 15.7 Å². The first-order valence-corrected chi connectivity index (χ1v) is 9.10. The summed E-state index contributed by atoms with van der Waals surface area (Å²) in [6.07, 6.45) is -0.899. The monoisotopic (exact) mass is 373 g/mol. The summed E-state index contributed by atoms with van der Waals surface area (Å²) in [5.74, 6) is -0.869. The van der Waals surface area contributed by atoms with Gasteiger partial charge in [-0.2, -0.15) is 0 Å². The first kappa shape index (κ1) is 17.3. The van der Waals surface area contributed by atoms with E-state index in [9.17, 15) is 13.2 Å². The maximum Gasteiger partial charge on any atom is 0.437 e. The van der Waals surface area contributed by atoms with E-state index in [2.05, 4.69) is 15.3 Å². The highest BCUT2D eigenvalue weighted by Crippen LogP contribution is 2.17. The number of hydrogen-bond donors (Lipinski definition) is 2. The quantitative estimate of drug-likeness (QED) is 0.362. The van der Waals surface area contributed by atoms with Crippen molar-refractivity contribution >= 4 is 50.4 Å². The minimum atomic E-state index is -3.59. The van der Waals surface area contributed by atoms with Crippen molar-refractivity contribution in [2.75, 3.05) is 11.1 Å². The summed E-state index contributed by atoms with van der Waals surface area (Å²) in [5.41, 5.74) is 5.92. The molecule has 1 heterocycles. The molecule has 0 aliphatic carbocycles. The van der Waals surface area contributed by atoms with Crippen LogP contribution < -0.4 is 11.1 Å². The normalized spacial score (nSPS) is 12.0. The minimum Gasteiger partial charge on any atom is -0.384 e. The minimum absolute atomic E-state index is 0.168. The van der Waals surface area contributed by atoms with Gasteiger partial charge in [-0.25, -0.2) is 13.2 Å². The van der Waals surface area contributed by atoms with Crippen LogP contribution in [0.15, 0.2) is 51.1 Å². The molecule has 0 atom stereocenters. The highest BCUT2D eigenvalue weighted by molar-refractivity contribution is 7.94. The Morgan fingerprint density at radius 2 is 2.00 bits per heavy atom. The van der Waals surface area contributed by atoms with Gasteiger partial charge in [-0.05, 0) is 35.7 Å². The van der Waals surface area contributed by atoms with Crippen molar-refractivity contribution < 1.29 is 18.0 Å². The number of oxime groups is 1. The fourth-order valence-electron chi connectivity index (χ4n) is 1.51. The predicted octanol–water partition coefficient (Wildman–Crippen LogP) is 2.70. The zero-order valence-electron chi connectivity index (χ0n) is 11.6. The van der Waals surface area contributed by atoms with Gasteiger partial charge in [0.1, 0.15) is 9.96 Å². The number of amides is 1. The van der Waals surface area contributed by atoms with E-state index in [1.807, 2.05) is 0 Å². The van der Waals surface area contributed by atoms with Crippen molar-refractivity contribution in [2.24, 2.45) is 10.9 Å². The number of anilines is 1. The molecule has 0 aliphatic heterocycles. The molecular weight excluding hydrogens is 362 g/mol. The van der Waals surface area contributed by atoms with Crippen LogP contribution in [0.2, 0.25) is 5.02 Å². The van der Waals surface area contributed by atoms with Gasteiger partial charge in [0.2, 0.25) is 0 Å². The van der Waals surface area contributed by atoms with Crippen LogP contribution in [0.4, 0.5) is 10.5 Å². The highest BCUT2D eigenvalue weighted by Gasteiger charge is 2.18. The number of nitrogens with two attached hydrogens (primary N) is 1. The number of hydrogen-bond acceptors (Lipinski definition) is 6. The molecule has 1 aromatic heterocycles. The fourth-order valence-corrected chi connectivity index (χ4v) is 3.88. The van der Waals surface area contributed by atoms with Crippen LogP contribution in [0.1, 0.15) is 0 Å². The van der Waals surface area contributed by atoms with Gasteiger partial charge >= 0.3 is 6.09 Å². The summed E-state index contributed by atoms with van der Waals surface area (Å²) >= 11 is 6.79. The summed E-state index contributed by atoms with van der Waals surface area (Å²) in [6.45, 7) is 0. The number of nitrogens with one attached hydrogen (secondary N) is 1. The second kappa shape index (κ2) is 7.44. The molecule has 0 radical (unpaired) electrons. The number of halogens is 1. The number of thiophene rings is 1. The van der Waals surface area contributed by atoms with E-state index >= 15 is 0 Å². The Balaban J connectivity index is 1.91. The van der Waals surface area contributed by atoms with E-state index in [1.165, 1.54) is 6.07 Å². The van der Waals surface area contributed by atoms with E-state index < -0.39 is 21.7 Å².